The van der Waals surface area contributed by atoms with E-state index in [0.29, 0.717) is 0 Å². The summed E-state index contributed by atoms with van der Waals surface area (Å²) in [6.45, 7) is 0.140. The third-order valence-corrected chi connectivity index (χ3v) is 1.58. The number of carboxylic acid groups (broad SMARTS) is 2. The minimum Gasteiger partial charge on any atom is -0.481 e. The summed E-state index contributed by atoms with van der Waals surface area (Å²) in [7, 11) is 0. The van der Waals surface area contributed by atoms with Gasteiger partial charge in [-0.05, 0) is 5.56 Å². The lowest BCUT2D eigenvalue weighted by Crippen LogP contribution is -2.00. The highest BCUT2D eigenvalue weighted by atomic mass is 16.4. The Morgan fingerprint density at radius 3 is 1.62 bits per heavy atom. The van der Waals surface area contributed by atoms with E-state index in [1.54, 1.807) is 0 Å². The fourth-order valence-electron chi connectivity index (χ4n) is 0.797. The first kappa shape index (κ1) is 14.1. The van der Waals surface area contributed by atoms with Gasteiger partial charge in [-0.25, -0.2) is 0 Å². The number of hydrogen-bond acceptors (Lipinski definition) is 3. The molecule has 5 heteroatoms. The first-order valence-corrected chi connectivity index (χ1v) is 4.64. The first-order chi connectivity index (χ1) is 7.56. The lowest BCUT2D eigenvalue weighted by Gasteiger charge is -1.89. The Balaban J connectivity index is 0.000000281. The van der Waals surface area contributed by atoms with Crippen molar-refractivity contribution in [2.24, 2.45) is 0 Å². The highest BCUT2D eigenvalue weighted by Crippen LogP contribution is 1.95. The molecule has 16 heavy (non-hydrogen) atoms. The second-order valence-corrected chi connectivity index (χ2v) is 2.93. The van der Waals surface area contributed by atoms with Crippen molar-refractivity contribution in [1.82, 2.24) is 0 Å². The minimum atomic E-state index is -1.08. The van der Waals surface area contributed by atoms with Crippen LogP contribution < -0.4 is 0 Å². The molecule has 5 nitrogen and oxygen atoms in total. The molecule has 88 valence electrons. The molecule has 0 aliphatic carbocycles. The number of rotatable bonds is 4. The van der Waals surface area contributed by atoms with Crippen LogP contribution >= 0.6 is 0 Å². The molecule has 0 saturated heterocycles. The summed E-state index contributed by atoms with van der Waals surface area (Å²) in [6.07, 6.45) is -0.593. The zero-order valence-electron chi connectivity index (χ0n) is 8.67. The largest absolute Gasteiger partial charge is 0.481 e. The van der Waals surface area contributed by atoms with Crippen molar-refractivity contribution < 1.29 is 24.9 Å². The predicted molar refractivity (Wildman–Crippen MR) is 56.9 cm³/mol. The van der Waals surface area contributed by atoms with Gasteiger partial charge in [0.05, 0.1) is 19.4 Å². The lowest BCUT2D eigenvalue weighted by atomic mass is 10.2. The van der Waals surface area contributed by atoms with Crippen molar-refractivity contribution in [3.8, 4) is 0 Å². The second kappa shape index (κ2) is 8.43. The van der Waals surface area contributed by atoms with Gasteiger partial charge in [0.2, 0.25) is 0 Å². The van der Waals surface area contributed by atoms with E-state index in [2.05, 4.69) is 0 Å². The van der Waals surface area contributed by atoms with E-state index in [4.69, 9.17) is 15.3 Å². The number of hydrogen-bond donors (Lipinski definition) is 3. The Morgan fingerprint density at radius 2 is 1.38 bits per heavy atom. The molecule has 0 aliphatic heterocycles. The molecule has 0 bridgehead atoms. The van der Waals surface area contributed by atoms with Gasteiger partial charge in [0.1, 0.15) is 0 Å². The Morgan fingerprint density at radius 1 is 0.938 bits per heavy atom. The van der Waals surface area contributed by atoms with E-state index in [1.807, 2.05) is 30.3 Å². The maximum Gasteiger partial charge on any atom is 0.303 e. The van der Waals surface area contributed by atoms with E-state index in [9.17, 15) is 9.59 Å². The number of benzene rings is 1. The number of aliphatic carboxylic acids is 2. The molecular weight excluding hydrogens is 212 g/mol. The molecule has 0 amide bonds. The second-order valence-electron chi connectivity index (χ2n) is 2.93. The molecule has 1 rings (SSSR count). The van der Waals surface area contributed by atoms with Crippen molar-refractivity contribution in [3.05, 3.63) is 35.9 Å². The SMILES string of the molecule is O=C(O)CCC(=O)O.OCc1ccccc1. The third kappa shape index (κ3) is 8.71. The normalized spacial score (nSPS) is 8.81. The molecule has 0 unspecified atom stereocenters. The van der Waals surface area contributed by atoms with E-state index >= 15 is 0 Å². The number of aliphatic hydroxyl groups is 1. The van der Waals surface area contributed by atoms with Gasteiger partial charge >= 0.3 is 11.9 Å². The van der Waals surface area contributed by atoms with Crippen LogP contribution in [0.1, 0.15) is 18.4 Å². The maximum absolute atomic E-state index is 9.64. The molecule has 0 aromatic heterocycles. The van der Waals surface area contributed by atoms with Gasteiger partial charge < -0.3 is 15.3 Å². The topological polar surface area (TPSA) is 94.8 Å². The van der Waals surface area contributed by atoms with Crippen LogP contribution in [0.5, 0.6) is 0 Å². The van der Waals surface area contributed by atoms with Crippen molar-refractivity contribution in [2.45, 2.75) is 19.4 Å². The first-order valence-electron chi connectivity index (χ1n) is 4.64. The summed E-state index contributed by atoms with van der Waals surface area (Å²) in [5, 5.41) is 24.3. The molecule has 0 aliphatic rings. The van der Waals surface area contributed by atoms with Gasteiger partial charge in [-0.3, -0.25) is 9.59 Å². The van der Waals surface area contributed by atoms with Gasteiger partial charge in [-0.1, -0.05) is 30.3 Å². The van der Waals surface area contributed by atoms with Gasteiger partial charge in [0, 0.05) is 0 Å². The van der Waals surface area contributed by atoms with Crippen LogP contribution in [-0.2, 0) is 16.2 Å². The van der Waals surface area contributed by atoms with Gasteiger partial charge in [0.15, 0.2) is 0 Å². The lowest BCUT2D eigenvalue weighted by molar-refractivity contribution is -0.143. The Bertz CT molecular complexity index is 306. The van der Waals surface area contributed by atoms with Crippen LogP contribution in [0.25, 0.3) is 0 Å². The standard InChI is InChI=1S/C7H8O.C4H6O4/c8-6-7-4-2-1-3-5-7;5-3(6)1-2-4(7)8/h1-5,8H,6H2;1-2H2,(H,5,6)(H,7,8). The van der Waals surface area contributed by atoms with Gasteiger partial charge in [0.25, 0.3) is 0 Å². The Kier molecular flexibility index (Phi) is 7.44. The van der Waals surface area contributed by atoms with Crippen LogP contribution in [0.15, 0.2) is 30.3 Å². The number of carboxylic acids is 2. The fraction of sp³-hybridized carbons (Fsp3) is 0.273. The zero-order valence-corrected chi connectivity index (χ0v) is 8.67. The summed E-state index contributed by atoms with van der Waals surface area (Å²) in [5.74, 6) is -2.15. The van der Waals surface area contributed by atoms with E-state index in [-0.39, 0.29) is 19.4 Å². The minimum absolute atomic E-state index is 0.140. The average Bonchev–Trinajstić information content (AvgIpc) is 2.28. The van der Waals surface area contributed by atoms with Crippen LogP contribution in [0, 0.1) is 0 Å². The molecule has 0 atom stereocenters. The number of aliphatic hydroxyl groups excluding tert-OH is 1. The molecule has 1 aromatic rings. The summed E-state index contributed by atoms with van der Waals surface area (Å²) in [6, 6.07) is 9.52. The van der Waals surface area contributed by atoms with Crippen molar-refractivity contribution in [3.63, 3.8) is 0 Å². The smallest absolute Gasteiger partial charge is 0.303 e. The van der Waals surface area contributed by atoms with E-state index in [1.165, 1.54) is 0 Å². The van der Waals surface area contributed by atoms with E-state index in [0.717, 1.165) is 5.56 Å². The summed E-state index contributed by atoms with van der Waals surface area (Å²) >= 11 is 0. The Labute approximate surface area is 93.0 Å². The molecule has 0 saturated carbocycles. The molecule has 0 fully saturated rings. The third-order valence-electron chi connectivity index (χ3n) is 1.58. The fourth-order valence-corrected chi connectivity index (χ4v) is 0.797. The van der Waals surface area contributed by atoms with Crippen molar-refractivity contribution >= 4 is 11.9 Å². The van der Waals surface area contributed by atoms with Crippen molar-refractivity contribution in [1.29, 1.82) is 0 Å². The van der Waals surface area contributed by atoms with E-state index < -0.39 is 11.9 Å². The molecule has 0 heterocycles. The molecule has 3 N–H and O–H groups in total. The molecule has 1 aromatic carbocycles. The molecule has 0 radical (unpaired) electrons. The van der Waals surface area contributed by atoms with Crippen LogP contribution in [0.2, 0.25) is 0 Å². The summed E-state index contributed by atoms with van der Waals surface area (Å²) in [5.41, 5.74) is 0.965. The maximum atomic E-state index is 9.64. The van der Waals surface area contributed by atoms with Gasteiger partial charge in [-0.15, -0.1) is 0 Å². The highest BCUT2D eigenvalue weighted by Gasteiger charge is 2.00. The highest BCUT2D eigenvalue weighted by molar-refractivity contribution is 5.75. The average molecular weight is 226 g/mol. The van der Waals surface area contributed by atoms with Crippen LogP contribution in [0.3, 0.4) is 0 Å². The van der Waals surface area contributed by atoms with Gasteiger partial charge in [-0.2, -0.15) is 0 Å². The Hall–Kier alpha value is -1.88. The molecular formula is C11H14O5. The number of carbonyl (C=O) groups is 2. The summed E-state index contributed by atoms with van der Waals surface area (Å²) in [4.78, 5) is 19.3. The summed E-state index contributed by atoms with van der Waals surface area (Å²) < 4.78 is 0. The van der Waals surface area contributed by atoms with Crippen LogP contribution in [0.4, 0.5) is 0 Å². The van der Waals surface area contributed by atoms with Crippen molar-refractivity contribution in [2.75, 3.05) is 0 Å². The zero-order chi connectivity index (χ0) is 12.4. The quantitative estimate of drug-likeness (QED) is 0.715. The monoisotopic (exact) mass is 226 g/mol. The van der Waals surface area contributed by atoms with Crippen LogP contribution in [-0.4, -0.2) is 27.3 Å². The molecule has 0 spiro atoms. The predicted octanol–water partition coefficient (Wildman–Crippen LogP) is 1.11.